The van der Waals surface area contributed by atoms with Crippen LogP contribution in [0.2, 0.25) is 5.02 Å². The van der Waals surface area contributed by atoms with Crippen LogP contribution in [0.15, 0.2) is 12.1 Å². The summed E-state index contributed by atoms with van der Waals surface area (Å²) in [4.78, 5) is 0. The van der Waals surface area contributed by atoms with E-state index < -0.39 is 0 Å². The molecule has 0 atom stereocenters. The minimum absolute atomic E-state index is 0.623. The topological polar surface area (TPSA) is 23.8 Å². The zero-order chi connectivity index (χ0) is 8.43. The van der Waals surface area contributed by atoms with Gasteiger partial charge >= 0.3 is 0 Å². The van der Waals surface area contributed by atoms with Gasteiger partial charge in [0, 0.05) is 5.02 Å². The smallest absolute Gasteiger partial charge is 0.0992 e. The van der Waals surface area contributed by atoms with E-state index in [1.54, 1.807) is 6.07 Å². The third-order valence-corrected chi connectivity index (χ3v) is 2.13. The fourth-order valence-corrected chi connectivity index (χ4v) is 1.15. The molecular weight excluding hydrogens is 158 g/mol. The summed E-state index contributed by atoms with van der Waals surface area (Å²) in [7, 11) is 0. The van der Waals surface area contributed by atoms with E-state index >= 15 is 0 Å². The fraction of sp³-hybridized carbons (Fsp3) is 0.222. The second kappa shape index (κ2) is 2.94. The minimum atomic E-state index is 0.623. The number of rotatable bonds is 0. The zero-order valence-corrected chi connectivity index (χ0v) is 7.24. The van der Waals surface area contributed by atoms with Crippen molar-refractivity contribution in [1.29, 1.82) is 5.26 Å². The molecule has 0 fully saturated rings. The third-order valence-electron chi connectivity index (χ3n) is 1.73. The molecule has 0 bridgehead atoms. The molecule has 0 amide bonds. The second-order valence-corrected chi connectivity index (χ2v) is 2.92. The normalized spacial score (nSPS) is 9.27. The predicted octanol–water partition coefficient (Wildman–Crippen LogP) is 2.83. The van der Waals surface area contributed by atoms with E-state index in [0.717, 1.165) is 11.1 Å². The Bertz CT molecular complexity index is 300. The lowest BCUT2D eigenvalue weighted by Gasteiger charge is -2.01. The fourth-order valence-electron chi connectivity index (χ4n) is 0.881. The first-order valence-electron chi connectivity index (χ1n) is 3.32. The Labute approximate surface area is 71.2 Å². The van der Waals surface area contributed by atoms with Crippen molar-refractivity contribution in [2.24, 2.45) is 0 Å². The van der Waals surface area contributed by atoms with Crippen LogP contribution in [-0.2, 0) is 0 Å². The summed E-state index contributed by atoms with van der Waals surface area (Å²) in [5.41, 5.74) is 2.73. The molecule has 0 N–H and O–H groups in total. The van der Waals surface area contributed by atoms with Gasteiger partial charge in [0.15, 0.2) is 0 Å². The van der Waals surface area contributed by atoms with Crippen LogP contribution in [0.3, 0.4) is 0 Å². The molecule has 0 aliphatic carbocycles. The van der Waals surface area contributed by atoms with E-state index in [0.29, 0.717) is 10.6 Å². The molecule has 2 heteroatoms. The molecule has 0 saturated heterocycles. The lowest BCUT2D eigenvalue weighted by Crippen LogP contribution is -1.84. The van der Waals surface area contributed by atoms with Crippen molar-refractivity contribution >= 4 is 11.6 Å². The van der Waals surface area contributed by atoms with Gasteiger partial charge in [0.2, 0.25) is 0 Å². The van der Waals surface area contributed by atoms with Crippen LogP contribution in [0.5, 0.6) is 0 Å². The van der Waals surface area contributed by atoms with Gasteiger partial charge in [-0.15, -0.1) is 0 Å². The molecule has 56 valence electrons. The highest BCUT2D eigenvalue weighted by atomic mass is 35.5. The first kappa shape index (κ1) is 8.10. The quantitative estimate of drug-likeness (QED) is 0.580. The van der Waals surface area contributed by atoms with Gasteiger partial charge < -0.3 is 0 Å². The lowest BCUT2D eigenvalue weighted by molar-refractivity contribution is 1.32. The molecular formula is C9H8ClN. The maximum Gasteiger partial charge on any atom is 0.0992 e. The van der Waals surface area contributed by atoms with Gasteiger partial charge in [-0.2, -0.15) is 5.26 Å². The number of benzene rings is 1. The summed E-state index contributed by atoms with van der Waals surface area (Å²) in [6.07, 6.45) is 0. The van der Waals surface area contributed by atoms with Crippen LogP contribution in [0.25, 0.3) is 0 Å². The van der Waals surface area contributed by atoms with Gasteiger partial charge in [0.05, 0.1) is 11.6 Å². The van der Waals surface area contributed by atoms with E-state index in [-0.39, 0.29) is 0 Å². The Balaban J connectivity index is 3.35. The van der Waals surface area contributed by atoms with E-state index in [1.807, 2.05) is 19.9 Å². The van der Waals surface area contributed by atoms with Gasteiger partial charge in [-0.25, -0.2) is 0 Å². The summed E-state index contributed by atoms with van der Waals surface area (Å²) < 4.78 is 0. The van der Waals surface area contributed by atoms with E-state index in [9.17, 15) is 0 Å². The zero-order valence-electron chi connectivity index (χ0n) is 6.48. The highest BCUT2D eigenvalue weighted by Crippen LogP contribution is 2.20. The second-order valence-electron chi connectivity index (χ2n) is 2.51. The highest BCUT2D eigenvalue weighted by Gasteiger charge is 2.00. The van der Waals surface area contributed by atoms with Gasteiger partial charge in [-0.3, -0.25) is 0 Å². The van der Waals surface area contributed by atoms with Crippen molar-refractivity contribution in [1.82, 2.24) is 0 Å². The average molecular weight is 166 g/mol. The molecule has 1 nitrogen and oxygen atoms in total. The Morgan fingerprint density at radius 2 is 2.00 bits per heavy atom. The predicted molar refractivity (Wildman–Crippen MR) is 45.6 cm³/mol. The SMILES string of the molecule is Cc1cc(C#N)cc(Cl)c1C. The summed E-state index contributed by atoms with van der Waals surface area (Å²) in [6, 6.07) is 5.57. The van der Waals surface area contributed by atoms with Crippen LogP contribution < -0.4 is 0 Å². The van der Waals surface area contributed by atoms with Crippen molar-refractivity contribution in [3.8, 4) is 6.07 Å². The Hall–Kier alpha value is -1.000. The summed E-state index contributed by atoms with van der Waals surface area (Å²) in [5.74, 6) is 0. The molecule has 0 radical (unpaired) electrons. The maximum atomic E-state index is 8.57. The first-order chi connectivity index (χ1) is 5.15. The first-order valence-corrected chi connectivity index (χ1v) is 3.70. The third kappa shape index (κ3) is 1.53. The summed E-state index contributed by atoms with van der Waals surface area (Å²) >= 11 is 5.85. The molecule has 1 aromatic carbocycles. The van der Waals surface area contributed by atoms with Crippen molar-refractivity contribution in [3.05, 3.63) is 33.8 Å². The number of halogens is 1. The number of hydrogen-bond acceptors (Lipinski definition) is 1. The van der Waals surface area contributed by atoms with E-state index in [2.05, 4.69) is 6.07 Å². The molecule has 1 aromatic rings. The Kier molecular flexibility index (Phi) is 2.16. The van der Waals surface area contributed by atoms with E-state index in [1.165, 1.54) is 0 Å². The van der Waals surface area contributed by atoms with Crippen molar-refractivity contribution in [3.63, 3.8) is 0 Å². The Morgan fingerprint density at radius 3 is 2.45 bits per heavy atom. The van der Waals surface area contributed by atoms with Gasteiger partial charge in [-0.1, -0.05) is 11.6 Å². The number of aryl methyl sites for hydroxylation is 1. The molecule has 0 aromatic heterocycles. The highest BCUT2D eigenvalue weighted by molar-refractivity contribution is 6.31. The molecule has 0 unspecified atom stereocenters. The molecule has 0 aliphatic heterocycles. The monoisotopic (exact) mass is 165 g/mol. The molecule has 0 saturated carbocycles. The van der Waals surface area contributed by atoms with Crippen LogP contribution in [0.4, 0.5) is 0 Å². The Morgan fingerprint density at radius 1 is 1.36 bits per heavy atom. The van der Waals surface area contributed by atoms with Gasteiger partial charge in [0.1, 0.15) is 0 Å². The van der Waals surface area contributed by atoms with Crippen LogP contribution in [0, 0.1) is 25.2 Å². The average Bonchev–Trinajstić information content (AvgIpc) is 1.99. The number of nitrogens with zero attached hydrogens (tertiary/aromatic N) is 1. The standard InChI is InChI=1S/C9H8ClN/c1-6-3-8(5-11)4-9(10)7(6)2/h3-4H,1-2H3. The van der Waals surface area contributed by atoms with E-state index in [4.69, 9.17) is 16.9 Å². The van der Waals surface area contributed by atoms with Crippen molar-refractivity contribution in [2.75, 3.05) is 0 Å². The van der Waals surface area contributed by atoms with Gasteiger partial charge in [0.25, 0.3) is 0 Å². The minimum Gasteiger partial charge on any atom is -0.192 e. The molecule has 0 aliphatic rings. The molecule has 0 spiro atoms. The van der Waals surface area contributed by atoms with Crippen molar-refractivity contribution < 1.29 is 0 Å². The van der Waals surface area contributed by atoms with Crippen LogP contribution in [-0.4, -0.2) is 0 Å². The molecule has 1 rings (SSSR count). The number of hydrogen-bond donors (Lipinski definition) is 0. The van der Waals surface area contributed by atoms with Gasteiger partial charge in [-0.05, 0) is 37.1 Å². The number of nitriles is 1. The summed E-state index contributed by atoms with van der Waals surface area (Å²) in [5, 5.41) is 9.24. The van der Waals surface area contributed by atoms with Crippen LogP contribution in [0.1, 0.15) is 16.7 Å². The summed E-state index contributed by atoms with van der Waals surface area (Å²) in [6.45, 7) is 3.89. The lowest BCUT2D eigenvalue weighted by atomic mass is 10.1. The maximum absolute atomic E-state index is 8.57. The molecule has 0 heterocycles. The van der Waals surface area contributed by atoms with Crippen molar-refractivity contribution in [2.45, 2.75) is 13.8 Å². The molecule has 11 heavy (non-hydrogen) atoms. The largest absolute Gasteiger partial charge is 0.192 e. The van der Waals surface area contributed by atoms with Crippen LogP contribution >= 0.6 is 11.6 Å².